The lowest BCUT2D eigenvalue weighted by Gasteiger charge is -2.28. The van der Waals surface area contributed by atoms with Gasteiger partial charge in [-0.3, -0.25) is 0 Å². The predicted octanol–water partition coefficient (Wildman–Crippen LogP) is 8.23. The Balaban J connectivity index is 1.43. The highest BCUT2D eigenvalue weighted by molar-refractivity contribution is 7.88. The Labute approximate surface area is 219 Å². The number of allylic oxidation sites excluding steroid dienone is 2. The van der Waals surface area contributed by atoms with Crippen molar-refractivity contribution in [1.82, 2.24) is 0 Å². The van der Waals surface area contributed by atoms with E-state index in [1.807, 2.05) is 26.0 Å². The van der Waals surface area contributed by atoms with Gasteiger partial charge in [0.15, 0.2) is 0 Å². The number of hydrogen-bond donors (Lipinski definition) is 0. The molecule has 0 bridgehead atoms. The van der Waals surface area contributed by atoms with Gasteiger partial charge in [-0.05, 0) is 79.6 Å². The van der Waals surface area contributed by atoms with Crippen molar-refractivity contribution in [2.24, 2.45) is 0 Å². The highest BCUT2D eigenvalue weighted by Gasteiger charge is 2.51. The van der Waals surface area contributed by atoms with Crippen LogP contribution in [0.1, 0.15) is 49.9 Å². The Kier molecular flexibility index (Phi) is 5.03. The standard InChI is InChI=1S/C31H25F3O3S/c1-29(2)25-16-21(20-10-9-18-7-5-6-8-19(18)15-20)11-13-23(25)27-28(29)24-14-12-22(17-26(24)30(27,3)4)37-38(35,36)31(32,33)34/h5-17H,1-4H3. The van der Waals surface area contributed by atoms with Crippen LogP contribution < -0.4 is 4.18 Å². The van der Waals surface area contributed by atoms with Crippen LogP contribution in [-0.4, -0.2) is 13.9 Å². The van der Waals surface area contributed by atoms with E-state index in [-0.39, 0.29) is 11.2 Å². The third-order valence-corrected chi connectivity index (χ3v) is 8.95. The van der Waals surface area contributed by atoms with Crippen LogP contribution in [0, 0.1) is 0 Å². The molecular formula is C31H25F3O3S. The lowest BCUT2D eigenvalue weighted by Crippen LogP contribution is -2.28. The van der Waals surface area contributed by atoms with E-state index in [2.05, 4.69) is 66.6 Å². The van der Waals surface area contributed by atoms with Gasteiger partial charge in [-0.1, -0.05) is 82.3 Å². The van der Waals surface area contributed by atoms with Gasteiger partial charge in [0.1, 0.15) is 5.75 Å². The van der Waals surface area contributed by atoms with Crippen LogP contribution in [0.3, 0.4) is 0 Å². The summed E-state index contributed by atoms with van der Waals surface area (Å²) in [6.45, 7) is 8.33. The van der Waals surface area contributed by atoms with Gasteiger partial charge in [0.05, 0.1) is 0 Å². The van der Waals surface area contributed by atoms with E-state index in [4.69, 9.17) is 0 Å². The Morgan fingerprint density at radius 3 is 1.82 bits per heavy atom. The largest absolute Gasteiger partial charge is 0.534 e. The second-order valence-corrected chi connectivity index (χ2v) is 12.6. The summed E-state index contributed by atoms with van der Waals surface area (Å²) in [5, 5.41) is 2.36. The molecule has 0 radical (unpaired) electrons. The van der Waals surface area contributed by atoms with Gasteiger partial charge in [-0.25, -0.2) is 0 Å². The molecule has 0 atom stereocenters. The second kappa shape index (κ2) is 7.73. The van der Waals surface area contributed by atoms with Crippen LogP contribution in [0.2, 0.25) is 0 Å². The molecule has 3 nitrogen and oxygen atoms in total. The monoisotopic (exact) mass is 534 g/mol. The van der Waals surface area contributed by atoms with Crippen LogP contribution in [0.5, 0.6) is 5.75 Å². The minimum absolute atomic E-state index is 0.347. The number of alkyl halides is 3. The summed E-state index contributed by atoms with van der Waals surface area (Å²) in [6.07, 6.45) is 0. The quantitative estimate of drug-likeness (QED) is 0.196. The SMILES string of the molecule is CC1(C)C2=C(c3ccc(OS(=O)(=O)C(F)(F)F)cc31)C(C)(C)c1cc(-c3ccc4ccccc4c3)ccc12. The van der Waals surface area contributed by atoms with Crippen molar-refractivity contribution >= 4 is 32.0 Å². The van der Waals surface area contributed by atoms with E-state index in [1.54, 1.807) is 6.07 Å². The molecule has 2 aliphatic carbocycles. The van der Waals surface area contributed by atoms with E-state index in [1.165, 1.54) is 28.5 Å². The van der Waals surface area contributed by atoms with E-state index in [9.17, 15) is 21.6 Å². The fourth-order valence-corrected chi connectivity index (χ4v) is 6.60. The highest BCUT2D eigenvalue weighted by atomic mass is 32.2. The van der Waals surface area contributed by atoms with Gasteiger partial charge < -0.3 is 4.18 Å². The summed E-state index contributed by atoms with van der Waals surface area (Å²) in [5.41, 5.74) is 1.94. The Hall–Kier alpha value is -3.58. The van der Waals surface area contributed by atoms with Crippen molar-refractivity contribution in [2.45, 2.75) is 44.0 Å². The fraction of sp³-hybridized carbons (Fsp3) is 0.226. The summed E-state index contributed by atoms with van der Waals surface area (Å²) in [7, 11) is -5.75. The first-order valence-corrected chi connectivity index (χ1v) is 13.7. The lowest BCUT2D eigenvalue weighted by molar-refractivity contribution is -0.0500. The zero-order valence-corrected chi connectivity index (χ0v) is 22.1. The topological polar surface area (TPSA) is 43.4 Å². The average molecular weight is 535 g/mol. The maximum absolute atomic E-state index is 12.9. The Morgan fingerprint density at radius 2 is 1.18 bits per heavy atom. The number of hydrogen-bond acceptors (Lipinski definition) is 3. The summed E-state index contributed by atoms with van der Waals surface area (Å²) < 4.78 is 66.4. The van der Waals surface area contributed by atoms with Crippen LogP contribution in [0.25, 0.3) is 33.0 Å². The molecule has 4 aromatic rings. The predicted molar refractivity (Wildman–Crippen MR) is 144 cm³/mol. The maximum atomic E-state index is 12.9. The molecule has 0 amide bonds. The van der Waals surface area contributed by atoms with Gasteiger partial charge in [0, 0.05) is 10.8 Å². The molecule has 0 aromatic heterocycles. The molecule has 0 aliphatic heterocycles. The zero-order chi connectivity index (χ0) is 27.3. The summed E-state index contributed by atoms with van der Waals surface area (Å²) in [5.74, 6) is -0.347. The normalized spacial score (nSPS) is 17.3. The lowest BCUT2D eigenvalue weighted by atomic mass is 9.75. The second-order valence-electron chi connectivity index (χ2n) is 11.0. The van der Waals surface area contributed by atoms with Crippen LogP contribution in [0.15, 0.2) is 78.9 Å². The van der Waals surface area contributed by atoms with Gasteiger partial charge in [-0.15, -0.1) is 0 Å². The van der Waals surface area contributed by atoms with Crippen molar-refractivity contribution in [2.75, 3.05) is 0 Å². The van der Waals surface area contributed by atoms with E-state index in [0.29, 0.717) is 0 Å². The Bertz CT molecular complexity index is 1800. The van der Waals surface area contributed by atoms with Crippen LogP contribution in [-0.2, 0) is 20.9 Å². The van der Waals surface area contributed by atoms with E-state index >= 15 is 0 Å². The molecule has 0 saturated carbocycles. The smallest absolute Gasteiger partial charge is 0.376 e. The molecule has 0 spiro atoms. The number of halogens is 3. The molecule has 0 heterocycles. The molecule has 0 saturated heterocycles. The highest BCUT2D eigenvalue weighted by Crippen LogP contribution is 2.63. The van der Waals surface area contributed by atoms with Gasteiger partial charge >= 0.3 is 15.6 Å². The summed E-state index contributed by atoms with van der Waals surface area (Å²) in [4.78, 5) is 0. The van der Waals surface area contributed by atoms with Crippen LogP contribution >= 0.6 is 0 Å². The molecule has 0 fully saturated rings. The molecule has 2 aliphatic rings. The number of benzene rings is 4. The molecule has 4 aromatic carbocycles. The minimum atomic E-state index is -5.75. The van der Waals surface area contributed by atoms with Crippen molar-refractivity contribution in [1.29, 1.82) is 0 Å². The molecule has 6 rings (SSSR count). The van der Waals surface area contributed by atoms with Crippen molar-refractivity contribution in [3.63, 3.8) is 0 Å². The molecule has 194 valence electrons. The minimum Gasteiger partial charge on any atom is -0.376 e. The Morgan fingerprint density at radius 1 is 0.658 bits per heavy atom. The fourth-order valence-electron chi connectivity index (χ4n) is 6.15. The summed E-state index contributed by atoms with van der Waals surface area (Å²) >= 11 is 0. The third kappa shape index (κ3) is 3.44. The summed E-state index contributed by atoms with van der Waals surface area (Å²) in [6, 6.07) is 25.6. The van der Waals surface area contributed by atoms with Gasteiger partial charge in [0.25, 0.3) is 0 Å². The molecular weight excluding hydrogens is 509 g/mol. The first kappa shape index (κ1) is 24.7. The average Bonchev–Trinajstić information content (AvgIpc) is 3.24. The van der Waals surface area contributed by atoms with Crippen molar-refractivity contribution < 1.29 is 25.8 Å². The van der Waals surface area contributed by atoms with Gasteiger partial charge in [0.2, 0.25) is 0 Å². The number of rotatable bonds is 3. The molecule has 7 heteroatoms. The van der Waals surface area contributed by atoms with E-state index in [0.717, 1.165) is 39.0 Å². The first-order chi connectivity index (χ1) is 17.7. The number of fused-ring (bicyclic) bond motifs is 5. The van der Waals surface area contributed by atoms with E-state index < -0.39 is 21.0 Å². The zero-order valence-electron chi connectivity index (χ0n) is 21.3. The van der Waals surface area contributed by atoms with Gasteiger partial charge in [-0.2, -0.15) is 21.6 Å². The molecule has 0 N–H and O–H groups in total. The van der Waals surface area contributed by atoms with Crippen molar-refractivity contribution in [3.8, 4) is 16.9 Å². The first-order valence-electron chi connectivity index (χ1n) is 12.3. The molecule has 38 heavy (non-hydrogen) atoms. The maximum Gasteiger partial charge on any atom is 0.534 e. The third-order valence-electron chi connectivity index (χ3n) is 7.97. The molecule has 0 unspecified atom stereocenters. The van der Waals surface area contributed by atoms with Crippen LogP contribution in [0.4, 0.5) is 13.2 Å². The van der Waals surface area contributed by atoms with Crippen molar-refractivity contribution in [3.05, 3.63) is 101 Å².